The molecule has 1 aromatic carbocycles. The van der Waals surface area contributed by atoms with Crippen molar-refractivity contribution in [2.45, 2.75) is 26.6 Å². The lowest BCUT2D eigenvalue weighted by Crippen LogP contribution is -2.20. The Morgan fingerprint density at radius 2 is 1.84 bits per heavy atom. The van der Waals surface area contributed by atoms with Gasteiger partial charge in [-0.25, -0.2) is 0 Å². The summed E-state index contributed by atoms with van der Waals surface area (Å²) in [5.41, 5.74) is 0. The molecule has 0 atom stereocenters. The van der Waals surface area contributed by atoms with E-state index in [1.165, 1.54) is 0 Å². The van der Waals surface area contributed by atoms with Crippen molar-refractivity contribution >= 4 is 15.9 Å². The normalized spacial score (nSPS) is 10.8. The van der Waals surface area contributed by atoms with Gasteiger partial charge in [0.2, 0.25) is 0 Å². The molecule has 0 N–H and O–H groups in total. The van der Waals surface area contributed by atoms with Gasteiger partial charge in [0.15, 0.2) is 17.8 Å². The summed E-state index contributed by atoms with van der Waals surface area (Å²) < 4.78 is 22.8. The summed E-state index contributed by atoms with van der Waals surface area (Å²) in [5.74, 6) is 1.41. The monoisotopic (exact) mass is 332 g/mol. The lowest BCUT2D eigenvalue weighted by molar-refractivity contribution is -0.142. The van der Waals surface area contributed by atoms with E-state index in [1.54, 1.807) is 7.11 Å². The zero-order valence-corrected chi connectivity index (χ0v) is 13.2. The fourth-order valence-corrected chi connectivity index (χ4v) is 2.10. The number of hydrogen-bond acceptors (Lipinski definition) is 4. The molecule has 1 aromatic rings. The van der Waals surface area contributed by atoms with Crippen LogP contribution in [0.2, 0.25) is 0 Å². The van der Waals surface area contributed by atoms with Crippen LogP contribution < -0.4 is 9.47 Å². The van der Waals surface area contributed by atoms with Crippen LogP contribution in [0.4, 0.5) is 0 Å². The molecule has 1 rings (SSSR count). The van der Waals surface area contributed by atoms with Gasteiger partial charge in [0, 0.05) is 19.6 Å². The van der Waals surface area contributed by atoms with E-state index in [0.29, 0.717) is 37.7 Å². The van der Waals surface area contributed by atoms with Gasteiger partial charge >= 0.3 is 0 Å². The third-order valence-corrected chi connectivity index (χ3v) is 3.08. The predicted octanol–water partition coefficient (Wildman–Crippen LogP) is 3.63. The summed E-state index contributed by atoms with van der Waals surface area (Å²) in [4.78, 5) is 0. The highest BCUT2D eigenvalue weighted by Gasteiger charge is 2.11. The van der Waals surface area contributed by atoms with E-state index in [-0.39, 0.29) is 6.29 Å². The molecular weight excluding hydrogens is 312 g/mol. The van der Waals surface area contributed by atoms with Gasteiger partial charge in [-0.2, -0.15) is 0 Å². The van der Waals surface area contributed by atoms with Gasteiger partial charge in [0.25, 0.3) is 0 Å². The Labute approximate surface area is 123 Å². The Bertz CT molecular complexity index is 364. The Morgan fingerprint density at radius 3 is 2.42 bits per heavy atom. The molecule has 0 saturated carbocycles. The summed E-state index contributed by atoms with van der Waals surface area (Å²) in [6.45, 7) is 5.66. The number of ether oxygens (including phenoxy) is 4. The van der Waals surface area contributed by atoms with Gasteiger partial charge in [-0.1, -0.05) is 6.07 Å². The summed E-state index contributed by atoms with van der Waals surface area (Å²) in [7, 11) is 1.62. The minimum atomic E-state index is -0.219. The molecule has 0 aliphatic heterocycles. The van der Waals surface area contributed by atoms with Crippen molar-refractivity contribution in [1.29, 1.82) is 0 Å². The number of methoxy groups -OCH3 is 1. The molecule has 0 radical (unpaired) electrons. The van der Waals surface area contributed by atoms with Crippen molar-refractivity contribution in [2.75, 3.05) is 26.9 Å². The molecular formula is C14H21BrO4. The second-order valence-corrected chi connectivity index (χ2v) is 4.60. The van der Waals surface area contributed by atoms with Gasteiger partial charge in [0.1, 0.15) is 0 Å². The molecule has 0 bridgehead atoms. The minimum absolute atomic E-state index is 0.219. The third-order valence-electron chi connectivity index (χ3n) is 2.46. The lowest BCUT2D eigenvalue weighted by atomic mass is 10.3. The average molecular weight is 333 g/mol. The van der Waals surface area contributed by atoms with Crippen LogP contribution >= 0.6 is 15.9 Å². The van der Waals surface area contributed by atoms with Crippen molar-refractivity contribution in [1.82, 2.24) is 0 Å². The molecule has 0 aromatic heterocycles. The van der Waals surface area contributed by atoms with Crippen LogP contribution in [-0.4, -0.2) is 33.2 Å². The van der Waals surface area contributed by atoms with Gasteiger partial charge < -0.3 is 18.9 Å². The number of benzene rings is 1. The maximum Gasteiger partial charge on any atom is 0.175 e. The second-order valence-electron chi connectivity index (χ2n) is 3.75. The average Bonchev–Trinajstić information content (AvgIpc) is 2.41. The lowest BCUT2D eigenvalue weighted by Gasteiger charge is -2.18. The van der Waals surface area contributed by atoms with E-state index in [2.05, 4.69) is 15.9 Å². The van der Waals surface area contributed by atoms with Gasteiger partial charge in [0.05, 0.1) is 18.2 Å². The standard InChI is InChI=1S/C14H21BrO4/c1-4-17-13(18-5-2)9-10-19-14-11(15)7-6-8-12(14)16-3/h6-8,13H,4-5,9-10H2,1-3H3. The highest BCUT2D eigenvalue weighted by molar-refractivity contribution is 9.10. The largest absolute Gasteiger partial charge is 0.493 e. The SMILES string of the molecule is CCOC(CCOc1c(Br)cccc1OC)OCC. The van der Waals surface area contributed by atoms with E-state index in [4.69, 9.17) is 18.9 Å². The Balaban J connectivity index is 2.52. The molecule has 4 nitrogen and oxygen atoms in total. The summed E-state index contributed by atoms with van der Waals surface area (Å²) in [5, 5.41) is 0. The Morgan fingerprint density at radius 1 is 1.16 bits per heavy atom. The highest BCUT2D eigenvalue weighted by Crippen LogP contribution is 2.34. The summed E-state index contributed by atoms with van der Waals surface area (Å²) in [6.07, 6.45) is 0.454. The zero-order valence-electron chi connectivity index (χ0n) is 11.6. The van der Waals surface area contributed by atoms with Gasteiger partial charge in [-0.3, -0.25) is 0 Å². The maximum atomic E-state index is 5.75. The van der Waals surface area contributed by atoms with E-state index in [9.17, 15) is 0 Å². The molecule has 0 aliphatic carbocycles. The van der Waals surface area contributed by atoms with E-state index < -0.39 is 0 Å². The van der Waals surface area contributed by atoms with Crippen LogP contribution in [-0.2, 0) is 9.47 Å². The van der Waals surface area contributed by atoms with Crippen LogP contribution in [0.1, 0.15) is 20.3 Å². The highest BCUT2D eigenvalue weighted by atomic mass is 79.9. The minimum Gasteiger partial charge on any atom is -0.493 e. The van der Waals surface area contributed by atoms with E-state index in [1.807, 2.05) is 32.0 Å². The molecule has 0 heterocycles. The Hall–Kier alpha value is -0.780. The van der Waals surface area contributed by atoms with Gasteiger partial charge in [-0.05, 0) is 41.9 Å². The second kappa shape index (κ2) is 9.18. The van der Waals surface area contributed by atoms with Crippen LogP contribution in [0, 0.1) is 0 Å². The molecule has 0 saturated heterocycles. The predicted molar refractivity (Wildman–Crippen MR) is 77.8 cm³/mol. The van der Waals surface area contributed by atoms with Crippen molar-refractivity contribution in [3.8, 4) is 11.5 Å². The number of halogens is 1. The molecule has 0 unspecified atom stereocenters. The molecule has 0 aliphatic rings. The first kappa shape index (κ1) is 16.3. The Kier molecular flexibility index (Phi) is 7.86. The summed E-state index contributed by atoms with van der Waals surface area (Å²) in [6, 6.07) is 5.68. The molecule has 108 valence electrons. The molecule has 5 heteroatoms. The van der Waals surface area contributed by atoms with Crippen molar-refractivity contribution in [3.63, 3.8) is 0 Å². The number of rotatable bonds is 9. The molecule has 0 amide bonds. The van der Waals surface area contributed by atoms with Crippen LogP contribution in [0.15, 0.2) is 22.7 Å². The van der Waals surface area contributed by atoms with Gasteiger partial charge in [-0.15, -0.1) is 0 Å². The maximum absolute atomic E-state index is 5.75. The van der Waals surface area contributed by atoms with E-state index >= 15 is 0 Å². The number of hydrogen-bond donors (Lipinski definition) is 0. The zero-order chi connectivity index (χ0) is 14.1. The van der Waals surface area contributed by atoms with Crippen LogP contribution in [0.5, 0.6) is 11.5 Å². The smallest absolute Gasteiger partial charge is 0.175 e. The first-order valence-electron chi connectivity index (χ1n) is 6.41. The molecule has 19 heavy (non-hydrogen) atoms. The molecule has 0 spiro atoms. The van der Waals surface area contributed by atoms with Crippen LogP contribution in [0.3, 0.4) is 0 Å². The third kappa shape index (κ3) is 5.38. The quantitative estimate of drug-likeness (QED) is 0.647. The van der Waals surface area contributed by atoms with Crippen molar-refractivity contribution in [2.24, 2.45) is 0 Å². The van der Waals surface area contributed by atoms with E-state index in [0.717, 1.165) is 4.47 Å². The first-order chi connectivity index (χ1) is 9.22. The van der Waals surface area contributed by atoms with Crippen LogP contribution in [0.25, 0.3) is 0 Å². The molecule has 0 fully saturated rings. The first-order valence-corrected chi connectivity index (χ1v) is 7.20. The topological polar surface area (TPSA) is 36.9 Å². The fourth-order valence-electron chi connectivity index (χ4n) is 1.63. The fraction of sp³-hybridized carbons (Fsp3) is 0.571. The van der Waals surface area contributed by atoms with Crippen molar-refractivity contribution in [3.05, 3.63) is 22.7 Å². The summed E-state index contributed by atoms with van der Waals surface area (Å²) >= 11 is 3.45. The van der Waals surface area contributed by atoms with Crippen molar-refractivity contribution < 1.29 is 18.9 Å². The number of para-hydroxylation sites is 1.